The predicted octanol–water partition coefficient (Wildman–Crippen LogP) is 0.883. The van der Waals surface area contributed by atoms with Crippen LogP contribution in [0.5, 0.6) is 0 Å². The number of primary amides is 1. The van der Waals surface area contributed by atoms with Gasteiger partial charge in [0.15, 0.2) is 0 Å². The van der Waals surface area contributed by atoms with E-state index in [4.69, 9.17) is 5.73 Å². The van der Waals surface area contributed by atoms with Crippen molar-refractivity contribution in [3.05, 3.63) is 35.1 Å². The van der Waals surface area contributed by atoms with Crippen LogP contribution < -0.4 is 11.1 Å². The number of hydrogen-bond donors (Lipinski definition) is 2. The van der Waals surface area contributed by atoms with Gasteiger partial charge in [0.2, 0.25) is 11.8 Å². The van der Waals surface area contributed by atoms with Gasteiger partial charge in [-0.3, -0.25) is 9.59 Å². The van der Waals surface area contributed by atoms with Crippen LogP contribution in [-0.2, 0) is 11.3 Å². The molecule has 0 aliphatic rings. The summed E-state index contributed by atoms with van der Waals surface area (Å²) in [6, 6.07) is 3.93. The van der Waals surface area contributed by atoms with E-state index < -0.39 is 11.7 Å². The van der Waals surface area contributed by atoms with E-state index in [-0.39, 0.29) is 24.6 Å². The van der Waals surface area contributed by atoms with Crippen molar-refractivity contribution in [2.45, 2.75) is 20.4 Å². The summed E-state index contributed by atoms with van der Waals surface area (Å²) < 4.78 is 13.6. The van der Waals surface area contributed by atoms with Crippen molar-refractivity contribution >= 4 is 11.8 Å². The maximum absolute atomic E-state index is 13.6. The SMILES string of the molecule is CCN(CC)C(=O)CNCc1cc(C(N)=O)ccc1F. The van der Waals surface area contributed by atoms with Crippen LogP contribution >= 0.6 is 0 Å². The van der Waals surface area contributed by atoms with Crippen molar-refractivity contribution in [3.8, 4) is 0 Å². The fraction of sp³-hybridized carbons (Fsp3) is 0.429. The minimum atomic E-state index is -0.606. The van der Waals surface area contributed by atoms with Gasteiger partial charge in [-0.15, -0.1) is 0 Å². The molecule has 0 radical (unpaired) electrons. The predicted molar refractivity (Wildman–Crippen MR) is 74.6 cm³/mol. The van der Waals surface area contributed by atoms with Gasteiger partial charge in [0.25, 0.3) is 0 Å². The van der Waals surface area contributed by atoms with Gasteiger partial charge in [-0.25, -0.2) is 4.39 Å². The first-order chi connectivity index (χ1) is 9.49. The molecule has 0 aromatic heterocycles. The number of rotatable bonds is 7. The molecule has 0 fully saturated rings. The lowest BCUT2D eigenvalue weighted by Gasteiger charge is -2.18. The number of benzene rings is 1. The van der Waals surface area contributed by atoms with Crippen LogP contribution in [0.2, 0.25) is 0 Å². The van der Waals surface area contributed by atoms with Crippen LogP contribution in [0.15, 0.2) is 18.2 Å². The summed E-state index contributed by atoms with van der Waals surface area (Å²) in [5, 5.41) is 2.87. The summed E-state index contributed by atoms with van der Waals surface area (Å²) in [5.41, 5.74) is 5.70. The Hall–Kier alpha value is -1.95. The Morgan fingerprint density at radius 1 is 1.30 bits per heavy atom. The number of halogens is 1. The minimum absolute atomic E-state index is 0.0403. The molecule has 1 aromatic rings. The molecule has 0 heterocycles. The molecule has 0 unspecified atom stereocenters. The Bertz CT molecular complexity index is 487. The number of carbonyl (C=O) groups is 2. The molecule has 3 N–H and O–H groups in total. The summed E-state index contributed by atoms with van der Waals surface area (Å²) in [4.78, 5) is 24.5. The maximum atomic E-state index is 13.6. The highest BCUT2D eigenvalue weighted by Gasteiger charge is 2.10. The monoisotopic (exact) mass is 281 g/mol. The van der Waals surface area contributed by atoms with E-state index in [9.17, 15) is 14.0 Å². The van der Waals surface area contributed by atoms with Gasteiger partial charge in [0.05, 0.1) is 6.54 Å². The van der Waals surface area contributed by atoms with Crippen molar-refractivity contribution in [2.75, 3.05) is 19.6 Å². The van der Waals surface area contributed by atoms with Gasteiger partial charge >= 0.3 is 0 Å². The third-order valence-corrected chi connectivity index (χ3v) is 3.04. The zero-order valence-corrected chi connectivity index (χ0v) is 11.8. The average Bonchev–Trinajstić information content (AvgIpc) is 2.42. The van der Waals surface area contributed by atoms with Crippen LogP contribution in [0.3, 0.4) is 0 Å². The van der Waals surface area contributed by atoms with Crippen LogP contribution in [-0.4, -0.2) is 36.3 Å². The van der Waals surface area contributed by atoms with Gasteiger partial charge in [-0.05, 0) is 32.0 Å². The normalized spacial score (nSPS) is 10.3. The third kappa shape index (κ3) is 4.31. The molecule has 1 rings (SSSR count). The van der Waals surface area contributed by atoms with Crippen LogP contribution in [0.4, 0.5) is 4.39 Å². The smallest absolute Gasteiger partial charge is 0.248 e. The van der Waals surface area contributed by atoms with Gasteiger partial charge < -0.3 is 16.0 Å². The average molecular weight is 281 g/mol. The number of carbonyl (C=O) groups excluding carboxylic acids is 2. The van der Waals surface area contributed by atoms with Crippen molar-refractivity contribution in [2.24, 2.45) is 5.73 Å². The lowest BCUT2D eigenvalue weighted by Crippen LogP contribution is -2.37. The Morgan fingerprint density at radius 3 is 2.50 bits per heavy atom. The van der Waals surface area contributed by atoms with Crippen LogP contribution in [0, 0.1) is 5.82 Å². The van der Waals surface area contributed by atoms with Gasteiger partial charge in [-0.2, -0.15) is 0 Å². The summed E-state index contributed by atoms with van der Waals surface area (Å²) >= 11 is 0. The molecule has 0 spiro atoms. The van der Waals surface area contributed by atoms with Crippen molar-refractivity contribution in [1.82, 2.24) is 10.2 Å². The van der Waals surface area contributed by atoms with E-state index >= 15 is 0 Å². The number of likely N-dealkylation sites (N-methyl/N-ethyl adjacent to an activating group) is 1. The second-order valence-corrected chi connectivity index (χ2v) is 4.34. The molecule has 0 atom stereocenters. The Balaban J connectivity index is 2.60. The summed E-state index contributed by atoms with van der Waals surface area (Å²) in [6.07, 6.45) is 0. The summed E-state index contributed by atoms with van der Waals surface area (Å²) in [6.45, 7) is 5.38. The molecule has 6 heteroatoms. The van der Waals surface area contributed by atoms with Crippen LogP contribution in [0.25, 0.3) is 0 Å². The number of amides is 2. The Labute approximate surface area is 117 Å². The maximum Gasteiger partial charge on any atom is 0.248 e. The lowest BCUT2D eigenvalue weighted by molar-refractivity contribution is -0.129. The standard InChI is InChI=1S/C14H20FN3O2/c1-3-18(4-2)13(19)9-17-8-11-7-10(14(16)20)5-6-12(11)15/h5-7,17H,3-4,8-9H2,1-2H3,(H2,16,20). The molecule has 5 nitrogen and oxygen atoms in total. The van der Waals surface area contributed by atoms with Crippen molar-refractivity contribution in [3.63, 3.8) is 0 Å². The van der Waals surface area contributed by atoms with E-state index in [0.29, 0.717) is 18.7 Å². The van der Waals surface area contributed by atoms with E-state index in [1.54, 1.807) is 4.90 Å². The highest BCUT2D eigenvalue weighted by molar-refractivity contribution is 5.92. The molecule has 0 saturated heterocycles. The first kappa shape index (κ1) is 16.1. The second kappa shape index (κ2) is 7.59. The zero-order chi connectivity index (χ0) is 15.1. The van der Waals surface area contributed by atoms with Crippen LogP contribution in [0.1, 0.15) is 29.8 Å². The topological polar surface area (TPSA) is 75.4 Å². The molecule has 0 aliphatic carbocycles. The zero-order valence-electron chi connectivity index (χ0n) is 11.8. The van der Waals surface area contributed by atoms with Crippen molar-refractivity contribution in [1.29, 1.82) is 0 Å². The summed E-state index contributed by atoms with van der Waals surface area (Å²) in [7, 11) is 0. The molecule has 1 aromatic carbocycles. The molecule has 2 amide bonds. The molecular formula is C14H20FN3O2. The molecule has 0 aliphatic heterocycles. The molecule has 110 valence electrons. The fourth-order valence-electron chi connectivity index (χ4n) is 1.86. The molecular weight excluding hydrogens is 261 g/mol. The minimum Gasteiger partial charge on any atom is -0.366 e. The van der Waals surface area contributed by atoms with Gasteiger partial charge in [0, 0.05) is 30.8 Å². The fourth-order valence-corrected chi connectivity index (χ4v) is 1.86. The summed E-state index contributed by atoms with van der Waals surface area (Å²) in [5.74, 6) is -1.08. The van der Waals surface area contributed by atoms with Gasteiger partial charge in [0.1, 0.15) is 5.82 Å². The molecule has 20 heavy (non-hydrogen) atoms. The van der Waals surface area contributed by atoms with E-state index in [2.05, 4.69) is 5.32 Å². The highest BCUT2D eigenvalue weighted by Crippen LogP contribution is 2.10. The Kier molecular flexibility index (Phi) is 6.11. The lowest BCUT2D eigenvalue weighted by atomic mass is 10.1. The van der Waals surface area contributed by atoms with E-state index in [0.717, 1.165) is 0 Å². The van der Waals surface area contributed by atoms with Crippen molar-refractivity contribution < 1.29 is 14.0 Å². The largest absolute Gasteiger partial charge is 0.366 e. The first-order valence-electron chi connectivity index (χ1n) is 6.56. The number of hydrogen-bond acceptors (Lipinski definition) is 3. The molecule has 0 bridgehead atoms. The first-order valence-corrected chi connectivity index (χ1v) is 6.56. The number of nitrogens with zero attached hydrogens (tertiary/aromatic N) is 1. The molecule has 0 saturated carbocycles. The van der Waals surface area contributed by atoms with Gasteiger partial charge in [-0.1, -0.05) is 0 Å². The third-order valence-electron chi connectivity index (χ3n) is 3.04. The highest BCUT2D eigenvalue weighted by atomic mass is 19.1. The number of nitrogens with one attached hydrogen (secondary N) is 1. The second-order valence-electron chi connectivity index (χ2n) is 4.34. The number of nitrogens with two attached hydrogens (primary N) is 1. The Morgan fingerprint density at radius 2 is 1.95 bits per heavy atom. The van der Waals surface area contributed by atoms with E-state index in [1.807, 2.05) is 13.8 Å². The van der Waals surface area contributed by atoms with E-state index in [1.165, 1.54) is 18.2 Å². The quantitative estimate of drug-likeness (QED) is 0.779.